The summed E-state index contributed by atoms with van der Waals surface area (Å²) in [4.78, 5) is 37.9. The molecule has 0 bridgehead atoms. The number of allylic oxidation sites excluding steroid dienone is 1. The van der Waals surface area contributed by atoms with Crippen molar-refractivity contribution in [3.05, 3.63) is 120 Å². The van der Waals surface area contributed by atoms with E-state index >= 15 is 0 Å². The first-order valence-electron chi connectivity index (χ1n) is 14.2. The van der Waals surface area contributed by atoms with Gasteiger partial charge in [0, 0.05) is 21.4 Å². The summed E-state index contributed by atoms with van der Waals surface area (Å²) in [6.45, 7) is 9.64. The molecule has 1 aliphatic rings. The number of esters is 1. The molecule has 0 spiro atoms. The summed E-state index contributed by atoms with van der Waals surface area (Å²) in [5.41, 5.74) is 7.87. The van der Waals surface area contributed by atoms with Gasteiger partial charge in [-0.05, 0) is 81.8 Å². The lowest BCUT2D eigenvalue weighted by atomic mass is 9.96. The molecule has 0 saturated carbocycles. The van der Waals surface area contributed by atoms with E-state index in [9.17, 15) is 9.59 Å². The Balaban J connectivity index is 1.61. The molecule has 0 saturated heterocycles. The lowest BCUT2D eigenvalue weighted by Crippen LogP contribution is -2.40. The Morgan fingerprint density at radius 3 is 2.47 bits per heavy atom. The number of benzene rings is 3. The number of aryl methyl sites for hydroxylation is 2. The maximum Gasteiger partial charge on any atom is 0.338 e. The van der Waals surface area contributed by atoms with E-state index in [1.807, 2.05) is 75.6 Å². The minimum absolute atomic E-state index is 0.192. The average Bonchev–Trinajstić information content (AvgIpc) is 3.49. The van der Waals surface area contributed by atoms with Gasteiger partial charge in [0.25, 0.3) is 5.56 Å². The van der Waals surface area contributed by atoms with Gasteiger partial charge in [0.05, 0.1) is 33.6 Å². The summed E-state index contributed by atoms with van der Waals surface area (Å²) in [6.07, 6.45) is 3.69. The monoisotopic (exact) mass is 607 g/mol. The van der Waals surface area contributed by atoms with Gasteiger partial charge in [-0.2, -0.15) is 0 Å². The van der Waals surface area contributed by atoms with Crippen molar-refractivity contribution in [2.24, 2.45) is 4.99 Å². The highest BCUT2D eigenvalue weighted by Gasteiger charge is 2.34. The van der Waals surface area contributed by atoms with E-state index < -0.39 is 12.0 Å². The van der Waals surface area contributed by atoms with Crippen molar-refractivity contribution in [3.63, 3.8) is 0 Å². The summed E-state index contributed by atoms with van der Waals surface area (Å²) in [6, 6.07) is 21.8. The first kappa shape index (κ1) is 29.0. The van der Waals surface area contributed by atoms with Gasteiger partial charge >= 0.3 is 5.97 Å². The molecule has 6 nitrogen and oxygen atoms in total. The van der Waals surface area contributed by atoms with E-state index in [2.05, 4.69) is 43.1 Å². The minimum Gasteiger partial charge on any atom is -0.459 e. The highest BCUT2D eigenvalue weighted by atomic mass is 32.2. The second-order valence-electron chi connectivity index (χ2n) is 11.1. The Morgan fingerprint density at radius 2 is 1.79 bits per heavy atom. The average molecular weight is 608 g/mol. The molecular formula is C35H33N3O3S2. The Bertz CT molecular complexity index is 2080. The molecule has 218 valence electrons. The van der Waals surface area contributed by atoms with Gasteiger partial charge in [-0.3, -0.25) is 9.36 Å². The third-order valence-corrected chi connectivity index (χ3v) is 9.37. The van der Waals surface area contributed by atoms with Crippen LogP contribution in [0.3, 0.4) is 0 Å². The number of aromatic nitrogens is 2. The van der Waals surface area contributed by atoms with Crippen molar-refractivity contribution in [1.29, 1.82) is 0 Å². The van der Waals surface area contributed by atoms with Crippen LogP contribution in [-0.2, 0) is 9.53 Å². The predicted octanol–water partition coefficient (Wildman–Crippen LogP) is 6.67. The van der Waals surface area contributed by atoms with Crippen LogP contribution in [0.1, 0.15) is 49.1 Å². The highest BCUT2D eigenvalue weighted by molar-refractivity contribution is 7.98. The number of hydrogen-bond donors (Lipinski definition) is 1. The highest BCUT2D eigenvalue weighted by Crippen LogP contribution is 2.34. The second-order valence-corrected chi connectivity index (χ2v) is 13.0. The molecule has 8 heteroatoms. The SMILES string of the molecule is CSc1ccc([C@H]2C(C(=O)OC(C)C)=C(C)N=c3s/c(=C\c4c(-c5ccccc5)[nH]c5c(C)cc(C)cc45)c(=O)n32)cc1. The molecule has 3 heterocycles. The van der Waals surface area contributed by atoms with E-state index in [1.54, 1.807) is 16.3 Å². The number of H-pyrrole nitrogens is 1. The van der Waals surface area contributed by atoms with Crippen molar-refractivity contribution < 1.29 is 9.53 Å². The number of thiazole rings is 1. The van der Waals surface area contributed by atoms with Crippen LogP contribution in [-0.4, -0.2) is 27.9 Å². The number of carbonyl (C=O) groups excluding carboxylic acids is 1. The number of thioether (sulfide) groups is 1. The molecule has 1 N–H and O–H groups in total. The zero-order chi connectivity index (χ0) is 30.4. The minimum atomic E-state index is -0.651. The van der Waals surface area contributed by atoms with Crippen molar-refractivity contribution >= 4 is 46.0 Å². The van der Waals surface area contributed by atoms with Crippen molar-refractivity contribution in [1.82, 2.24) is 9.55 Å². The Kier molecular flexibility index (Phi) is 7.75. The smallest absolute Gasteiger partial charge is 0.338 e. The number of ether oxygens (including phenoxy) is 1. The van der Waals surface area contributed by atoms with Crippen molar-refractivity contribution in [3.8, 4) is 11.3 Å². The van der Waals surface area contributed by atoms with Crippen LogP contribution in [0.25, 0.3) is 28.2 Å². The molecule has 1 atom stereocenters. The van der Waals surface area contributed by atoms with Gasteiger partial charge in [0.15, 0.2) is 4.80 Å². The van der Waals surface area contributed by atoms with Crippen LogP contribution in [0.2, 0.25) is 0 Å². The lowest BCUT2D eigenvalue weighted by molar-refractivity contribution is -0.143. The van der Waals surface area contributed by atoms with E-state index in [0.29, 0.717) is 20.6 Å². The molecule has 0 radical (unpaired) electrons. The van der Waals surface area contributed by atoms with Crippen LogP contribution in [0, 0.1) is 13.8 Å². The van der Waals surface area contributed by atoms with E-state index in [4.69, 9.17) is 9.73 Å². The molecule has 0 aliphatic carbocycles. The first-order chi connectivity index (χ1) is 20.7. The molecule has 6 rings (SSSR count). The Labute approximate surface area is 258 Å². The van der Waals surface area contributed by atoms with Gasteiger partial charge in [0.2, 0.25) is 0 Å². The Hall–Kier alpha value is -4.14. The molecule has 5 aromatic rings. The molecular weight excluding hydrogens is 575 g/mol. The summed E-state index contributed by atoms with van der Waals surface area (Å²) >= 11 is 2.98. The van der Waals surface area contributed by atoms with Crippen molar-refractivity contribution in [2.45, 2.75) is 51.7 Å². The first-order valence-corrected chi connectivity index (χ1v) is 16.3. The summed E-state index contributed by atoms with van der Waals surface area (Å²) < 4.78 is 7.86. The van der Waals surface area contributed by atoms with Crippen LogP contribution in [0.15, 0.2) is 92.7 Å². The predicted molar refractivity (Wildman–Crippen MR) is 176 cm³/mol. The fourth-order valence-electron chi connectivity index (χ4n) is 5.75. The summed E-state index contributed by atoms with van der Waals surface area (Å²) in [7, 11) is 0. The molecule has 3 aromatic carbocycles. The van der Waals surface area contributed by atoms with Crippen LogP contribution < -0.4 is 14.9 Å². The second kappa shape index (κ2) is 11.5. The van der Waals surface area contributed by atoms with Gasteiger partial charge in [-0.15, -0.1) is 11.8 Å². The van der Waals surface area contributed by atoms with Gasteiger partial charge in [-0.25, -0.2) is 9.79 Å². The fraction of sp³-hybridized carbons (Fsp3) is 0.229. The third kappa shape index (κ3) is 5.30. The topological polar surface area (TPSA) is 76.4 Å². The molecule has 43 heavy (non-hydrogen) atoms. The van der Waals surface area contributed by atoms with Crippen LogP contribution in [0.5, 0.6) is 0 Å². The van der Waals surface area contributed by atoms with Gasteiger partial charge in [-0.1, -0.05) is 65.4 Å². The normalized spacial score (nSPS) is 15.2. The van der Waals surface area contributed by atoms with Gasteiger partial charge in [0.1, 0.15) is 0 Å². The van der Waals surface area contributed by atoms with E-state index in [1.165, 1.54) is 11.3 Å². The maximum atomic E-state index is 14.4. The molecule has 0 unspecified atom stereocenters. The number of rotatable bonds is 6. The van der Waals surface area contributed by atoms with Crippen LogP contribution in [0.4, 0.5) is 0 Å². The maximum absolute atomic E-state index is 14.4. The largest absolute Gasteiger partial charge is 0.459 e. The Morgan fingerprint density at radius 1 is 1.07 bits per heavy atom. The number of nitrogens with one attached hydrogen (secondary N) is 1. The number of carbonyl (C=O) groups is 1. The number of aromatic amines is 1. The molecule has 2 aromatic heterocycles. The number of fused-ring (bicyclic) bond motifs is 2. The third-order valence-electron chi connectivity index (χ3n) is 7.64. The zero-order valence-corrected chi connectivity index (χ0v) is 26.7. The number of hydrogen-bond acceptors (Lipinski definition) is 6. The summed E-state index contributed by atoms with van der Waals surface area (Å²) in [5, 5.41) is 1.06. The zero-order valence-electron chi connectivity index (χ0n) is 25.0. The molecule has 0 amide bonds. The fourth-order valence-corrected chi connectivity index (χ4v) is 7.18. The molecule has 1 aliphatic heterocycles. The lowest BCUT2D eigenvalue weighted by Gasteiger charge is -2.25. The quantitative estimate of drug-likeness (QED) is 0.173. The van der Waals surface area contributed by atoms with E-state index in [0.717, 1.165) is 49.3 Å². The van der Waals surface area contributed by atoms with E-state index in [-0.39, 0.29) is 11.7 Å². The van der Waals surface area contributed by atoms with Crippen LogP contribution >= 0.6 is 23.1 Å². The summed E-state index contributed by atoms with van der Waals surface area (Å²) in [5.74, 6) is -0.460. The standard InChI is InChI=1S/C35H33N3O3S2/c1-19(2)41-34(40)29-22(5)36-35-38(32(29)24-12-14-25(42-6)15-13-24)33(39)28(43-35)18-27-26-17-20(3)16-21(4)30(26)37-31(27)23-10-8-7-9-11-23/h7-19,32,37H,1-6H3/b28-18-/t32-/m0/s1. The van der Waals surface area contributed by atoms with Crippen molar-refractivity contribution in [2.75, 3.05) is 6.26 Å². The van der Waals surface area contributed by atoms with Gasteiger partial charge < -0.3 is 9.72 Å². The number of nitrogens with zero attached hydrogens (tertiary/aromatic N) is 2. The molecule has 0 fully saturated rings.